The van der Waals surface area contributed by atoms with Crippen molar-refractivity contribution >= 4 is 5.91 Å². The van der Waals surface area contributed by atoms with Gasteiger partial charge in [0.25, 0.3) is 0 Å². The highest BCUT2D eigenvalue weighted by atomic mass is 16.5. The van der Waals surface area contributed by atoms with Crippen LogP contribution in [0.25, 0.3) is 0 Å². The van der Waals surface area contributed by atoms with E-state index in [2.05, 4.69) is 17.6 Å². The van der Waals surface area contributed by atoms with E-state index in [-0.39, 0.29) is 11.3 Å². The molecule has 2 aliphatic rings. The molecule has 0 aromatic rings. The van der Waals surface area contributed by atoms with Crippen LogP contribution < -0.4 is 10.6 Å². The van der Waals surface area contributed by atoms with Crippen LogP contribution in [0.5, 0.6) is 0 Å². The van der Waals surface area contributed by atoms with Gasteiger partial charge < -0.3 is 15.4 Å². The molecule has 104 valence electrons. The average molecular weight is 254 g/mol. The van der Waals surface area contributed by atoms with Crippen molar-refractivity contribution in [2.75, 3.05) is 32.8 Å². The molecule has 4 nitrogen and oxygen atoms in total. The Balaban J connectivity index is 1.59. The summed E-state index contributed by atoms with van der Waals surface area (Å²) in [6, 6.07) is 0. The van der Waals surface area contributed by atoms with Crippen molar-refractivity contribution in [2.24, 2.45) is 11.3 Å². The van der Waals surface area contributed by atoms with E-state index in [1.807, 2.05) is 0 Å². The van der Waals surface area contributed by atoms with Gasteiger partial charge in [0.05, 0.1) is 6.61 Å². The summed E-state index contributed by atoms with van der Waals surface area (Å²) < 4.78 is 5.39. The summed E-state index contributed by atoms with van der Waals surface area (Å²) in [4.78, 5) is 11.8. The molecule has 4 heteroatoms. The van der Waals surface area contributed by atoms with Crippen molar-refractivity contribution in [1.29, 1.82) is 0 Å². The summed E-state index contributed by atoms with van der Waals surface area (Å²) >= 11 is 0. The van der Waals surface area contributed by atoms with Gasteiger partial charge in [-0.15, -0.1) is 0 Å². The molecule has 2 rings (SSSR count). The summed E-state index contributed by atoms with van der Waals surface area (Å²) in [6.07, 6.45) is 5.22. The lowest BCUT2D eigenvalue weighted by Gasteiger charge is -2.24. The fourth-order valence-corrected chi connectivity index (χ4v) is 2.75. The monoisotopic (exact) mass is 254 g/mol. The third-order valence-electron chi connectivity index (χ3n) is 4.25. The fourth-order valence-electron chi connectivity index (χ4n) is 2.75. The van der Waals surface area contributed by atoms with Gasteiger partial charge >= 0.3 is 0 Å². The Bertz CT molecular complexity index is 269. The zero-order valence-electron chi connectivity index (χ0n) is 11.5. The smallest absolute Gasteiger partial charge is 0.220 e. The second kappa shape index (κ2) is 6.53. The first-order chi connectivity index (χ1) is 8.68. The van der Waals surface area contributed by atoms with Crippen LogP contribution in [-0.2, 0) is 9.53 Å². The zero-order valence-corrected chi connectivity index (χ0v) is 11.5. The largest absolute Gasteiger partial charge is 0.381 e. The minimum Gasteiger partial charge on any atom is -0.381 e. The van der Waals surface area contributed by atoms with E-state index in [1.54, 1.807) is 0 Å². The molecule has 0 spiro atoms. The molecular formula is C14H26N2O2. The van der Waals surface area contributed by atoms with Gasteiger partial charge in [0.2, 0.25) is 5.91 Å². The predicted octanol–water partition coefficient (Wildman–Crippen LogP) is 1.31. The maximum absolute atomic E-state index is 11.8. The van der Waals surface area contributed by atoms with Crippen molar-refractivity contribution in [2.45, 2.75) is 39.0 Å². The van der Waals surface area contributed by atoms with Crippen molar-refractivity contribution in [3.63, 3.8) is 0 Å². The molecule has 0 aromatic carbocycles. The molecule has 0 aromatic heterocycles. The summed E-state index contributed by atoms with van der Waals surface area (Å²) in [6.45, 7) is 6.79. The SMILES string of the molecule is CC1(CNC(=O)CCC2CCNCC2)CCOC1. The third kappa shape index (κ3) is 4.25. The van der Waals surface area contributed by atoms with Crippen LogP contribution in [0.3, 0.4) is 0 Å². The van der Waals surface area contributed by atoms with E-state index in [0.29, 0.717) is 6.42 Å². The molecule has 2 N–H and O–H groups in total. The number of carbonyl (C=O) groups is 1. The van der Waals surface area contributed by atoms with Crippen LogP contribution in [0, 0.1) is 11.3 Å². The van der Waals surface area contributed by atoms with Gasteiger partial charge in [-0.2, -0.15) is 0 Å². The Kier molecular flexibility index (Phi) is 5.01. The zero-order chi connectivity index (χ0) is 12.8. The van der Waals surface area contributed by atoms with Gasteiger partial charge in [-0.3, -0.25) is 4.79 Å². The van der Waals surface area contributed by atoms with Crippen LogP contribution in [0.15, 0.2) is 0 Å². The van der Waals surface area contributed by atoms with Gasteiger partial charge in [0.1, 0.15) is 0 Å². The molecule has 0 saturated carbocycles. The molecule has 0 bridgehead atoms. The van der Waals surface area contributed by atoms with Gasteiger partial charge in [-0.05, 0) is 44.7 Å². The Morgan fingerprint density at radius 3 is 2.89 bits per heavy atom. The first-order valence-electron chi connectivity index (χ1n) is 7.23. The second-order valence-corrected chi connectivity index (χ2v) is 6.12. The Morgan fingerprint density at radius 2 is 2.22 bits per heavy atom. The highest BCUT2D eigenvalue weighted by molar-refractivity contribution is 5.75. The number of ether oxygens (including phenoxy) is 1. The molecule has 2 aliphatic heterocycles. The van der Waals surface area contributed by atoms with Crippen LogP contribution in [0.1, 0.15) is 39.0 Å². The molecule has 2 saturated heterocycles. The lowest BCUT2D eigenvalue weighted by atomic mass is 9.90. The summed E-state index contributed by atoms with van der Waals surface area (Å²) in [5.74, 6) is 0.948. The predicted molar refractivity (Wildman–Crippen MR) is 71.4 cm³/mol. The molecule has 0 aliphatic carbocycles. The third-order valence-corrected chi connectivity index (χ3v) is 4.25. The van der Waals surface area contributed by atoms with E-state index in [9.17, 15) is 4.79 Å². The van der Waals surface area contributed by atoms with E-state index < -0.39 is 0 Å². The summed E-state index contributed by atoms with van der Waals surface area (Å²) in [7, 11) is 0. The molecule has 2 fully saturated rings. The maximum Gasteiger partial charge on any atom is 0.220 e. The maximum atomic E-state index is 11.8. The van der Waals surface area contributed by atoms with Crippen LogP contribution in [0.2, 0.25) is 0 Å². The average Bonchev–Trinajstić information content (AvgIpc) is 2.83. The lowest BCUT2D eigenvalue weighted by molar-refractivity contribution is -0.121. The van der Waals surface area contributed by atoms with Gasteiger partial charge in [0, 0.05) is 25.0 Å². The Labute approximate surface area is 110 Å². The molecule has 2 heterocycles. The molecule has 0 radical (unpaired) electrons. The van der Waals surface area contributed by atoms with Gasteiger partial charge in [0.15, 0.2) is 0 Å². The van der Waals surface area contributed by atoms with Crippen molar-refractivity contribution in [3.8, 4) is 0 Å². The minimum absolute atomic E-state index is 0.157. The van der Waals surface area contributed by atoms with Crippen LogP contribution in [-0.4, -0.2) is 38.8 Å². The van der Waals surface area contributed by atoms with E-state index >= 15 is 0 Å². The minimum atomic E-state index is 0.157. The molecule has 18 heavy (non-hydrogen) atoms. The van der Waals surface area contributed by atoms with Gasteiger partial charge in [-0.1, -0.05) is 6.92 Å². The van der Waals surface area contributed by atoms with Crippen LogP contribution in [0.4, 0.5) is 0 Å². The number of rotatable bonds is 5. The van der Waals surface area contributed by atoms with E-state index in [4.69, 9.17) is 4.74 Å². The quantitative estimate of drug-likeness (QED) is 0.778. The first-order valence-corrected chi connectivity index (χ1v) is 7.23. The molecule has 1 unspecified atom stereocenters. The lowest BCUT2D eigenvalue weighted by Crippen LogP contribution is -2.36. The van der Waals surface area contributed by atoms with Crippen molar-refractivity contribution in [1.82, 2.24) is 10.6 Å². The number of hydrogen-bond acceptors (Lipinski definition) is 3. The standard InChI is InChI=1S/C14H26N2O2/c1-14(6-9-18-11-14)10-16-13(17)3-2-12-4-7-15-8-5-12/h12,15H,2-11H2,1H3,(H,16,17). The Morgan fingerprint density at radius 1 is 1.44 bits per heavy atom. The normalized spacial score (nSPS) is 29.4. The first kappa shape index (κ1) is 13.8. The topological polar surface area (TPSA) is 50.4 Å². The number of nitrogens with one attached hydrogen (secondary N) is 2. The Hall–Kier alpha value is -0.610. The molecule has 1 atom stereocenters. The summed E-state index contributed by atoms with van der Waals surface area (Å²) in [5.41, 5.74) is 0.157. The van der Waals surface area contributed by atoms with Gasteiger partial charge in [-0.25, -0.2) is 0 Å². The number of carbonyl (C=O) groups excluding carboxylic acids is 1. The highest BCUT2D eigenvalue weighted by Gasteiger charge is 2.29. The molecular weight excluding hydrogens is 228 g/mol. The van der Waals surface area contributed by atoms with Crippen molar-refractivity contribution in [3.05, 3.63) is 0 Å². The second-order valence-electron chi connectivity index (χ2n) is 6.12. The number of hydrogen-bond donors (Lipinski definition) is 2. The van der Waals surface area contributed by atoms with Crippen molar-refractivity contribution < 1.29 is 9.53 Å². The van der Waals surface area contributed by atoms with Crippen LogP contribution >= 0.6 is 0 Å². The number of piperidine rings is 1. The summed E-state index contributed by atoms with van der Waals surface area (Å²) in [5, 5.41) is 6.43. The highest BCUT2D eigenvalue weighted by Crippen LogP contribution is 2.26. The molecule has 1 amide bonds. The fraction of sp³-hybridized carbons (Fsp3) is 0.929. The number of amides is 1. The van der Waals surface area contributed by atoms with E-state index in [0.717, 1.165) is 51.6 Å². The van der Waals surface area contributed by atoms with E-state index in [1.165, 1.54) is 12.8 Å².